The van der Waals surface area contributed by atoms with Crippen molar-refractivity contribution < 1.29 is 24.2 Å². The molecule has 0 aliphatic rings. The van der Waals surface area contributed by atoms with Gasteiger partial charge in [0.25, 0.3) is 5.91 Å². The predicted molar refractivity (Wildman–Crippen MR) is 94.7 cm³/mol. The van der Waals surface area contributed by atoms with E-state index in [0.717, 1.165) is 0 Å². The fourth-order valence-corrected chi connectivity index (χ4v) is 2.11. The third-order valence-corrected chi connectivity index (χ3v) is 3.44. The van der Waals surface area contributed by atoms with E-state index in [0.29, 0.717) is 16.8 Å². The highest BCUT2D eigenvalue weighted by atomic mass is 16.5. The summed E-state index contributed by atoms with van der Waals surface area (Å²) in [5.41, 5.74) is 1.16. The van der Waals surface area contributed by atoms with E-state index in [1.54, 1.807) is 6.07 Å². The van der Waals surface area contributed by atoms with Gasteiger partial charge in [0.2, 0.25) is 0 Å². The molecule has 0 aromatic heterocycles. The lowest BCUT2D eigenvalue weighted by molar-refractivity contribution is -0.112. The van der Waals surface area contributed by atoms with E-state index in [4.69, 9.17) is 4.74 Å². The van der Waals surface area contributed by atoms with Crippen LogP contribution in [0.3, 0.4) is 0 Å². The Morgan fingerprint density at radius 3 is 2.42 bits per heavy atom. The number of phenolic OH excluding ortho intramolecular Hbond substituents is 1. The predicted octanol–water partition coefficient (Wildman–Crippen LogP) is 2.73. The fraction of sp³-hybridized carbons (Fsp3) is 0.105. The number of nitriles is 1. The van der Waals surface area contributed by atoms with Crippen molar-refractivity contribution in [1.29, 1.82) is 5.26 Å². The summed E-state index contributed by atoms with van der Waals surface area (Å²) in [6.45, 7) is 0. The minimum absolute atomic E-state index is 0.0432. The fourth-order valence-electron chi connectivity index (χ4n) is 2.11. The van der Waals surface area contributed by atoms with E-state index in [2.05, 4.69) is 10.1 Å². The minimum Gasteiger partial charge on any atom is -0.504 e. The van der Waals surface area contributed by atoms with Gasteiger partial charge in [-0.3, -0.25) is 4.79 Å². The van der Waals surface area contributed by atoms with Crippen LogP contribution in [0.1, 0.15) is 15.9 Å². The molecule has 26 heavy (non-hydrogen) atoms. The number of anilines is 1. The maximum absolute atomic E-state index is 12.3. The van der Waals surface area contributed by atoms with Gasteiger partial charge in [-0.2, -0.15) is 5.26 Å². The zero-order chi connectivity index (χ0) is 19.1. The maximum atomic E-state index is 12.3. The van der Waals surface area contributed by atoms with Crippen molar-refractivity contribution >= 4 is 23.6 Å². The first-order valence-corrected chi connectivity index (χ1v) is 7.47. The van der Waals surface area contributed by atoms with Crippen LogP contribution in [0.15, 0.2) is 48.0 Å². The van der Waals surface area contributed by atoms with Gasteiger partial charge < -0.3 is 19.9 Å². The second-order valence-electron chi connectivity index (χ2n) is 5.12. The maximum Gasteiger partial charge on any atom is 0.337 e. The molecule has 7 nitrogen and oxygen atoms in total. The summed E-state index contributed by atoms with van der Waals surface area (Å²) in [5, 5.41) is 21.4. The zero-order valence-corrected chi connectivity index (χ0v) is 14.1. The van der Waals surface area contributed by atoms with Gasteiger partial charge in [0.05, 0.1) is 19.8 Å². The van der Waals surface area contributed by atoms with Crippen LogP contribution >= 0.6 is 0 Å². The first-order valence-electron chi connectivity index (χ1n) is 7.47. The lowest BCUT2D eigenvalue weighted by Gasteiger charge is -2.06. The number of rotatable bonds is 5. The summed E-state index contributed by atoms with van der Waals surface area (Å²) in [6, 6.07) is 12.4. The van der Waals surface area contributed by atoms with E-state index in [1.165, 1.54) is 56.7 Å². The molecule has 0 atom stereocenters. The van der Waals surface area contributed by atoms with Gasteiger partial charge in [-0.25, -0.2) is 4.79 Å². The Balaban J connectivity index is 2.18. The van der Waals surface area contributed by atoms with Crippen molar-refractivity contribution in [3.05, 3.63) is 59.2 Å². The number of ether oxygens (including phenoxy) is 2. The van der Waals surface area contributed by atoms with Crippen molar-refractivity contribution in [3.8, 4) is 17.6 Å². The number of nitrogens with zero attached hydrogens (tertiary/aromatic N) is 1. The summed E-state index contributed by atoms with van der Waals surface area (Å²) < 4.78 is 9.60. The Bertz CT molecular complexity index is 895. The van der Waals surface area contributed by atoms with Crippen LogP contribution in [-0.2, 0) is 9.53 Å². The zero-order valence-electron chi connectivity index (χ0n) is 14.1. The Kier molecular flexibility index (Phi) is 5.96. The number of aromatic hydroxyl groups is 1. The lowest BCUT2D eigenvalue weighted by Crippen LogP contribution is -2.13. The third kappa shape index (κ3) is 4.39. The Hall–Kier alpha value is -3.79. The van der Waals surface area contributed by atoms with Crippen molar-refractivity contribution in [2.45, 2.75) is 0 Å². The van der Waals surface area contributed by atoms with Crippen molar-refractivity contribution in [2.24, 2.45) is 0 Å². The molecule has 2 N–H and O–H groups in total. The number of methoxy groups -OCH3 is 2. The molecule has 0 unspecified atom stereocenters. The number of carbonyl (C=O) groups is 2. The molecular formula is C19H16N2O5. The highest BCUT2D eigenvalue weighted by Gasteiger charge is 2.11. The number of hydrogen-bond acceptors (Lipinski definition) is 6. The normalized spacial score (nSPS) is 10.6. The summed E-state index contributed by atoms with van der Waals surface area (Å²) >= 11 is 0. The molecule has 0 aliphatic heterocycles. The van der Waals surface area contributed by atoms with Gasteiger partial charge in [0.1, 0.15) is 11.6 Å². The second-order valence-corrected chi connectivity index (χ2v) is 5.12. The largest absolute Gasteiger partial charge is 0.504 e. The molecule has 0 bridgehead atoms. The number of esters is 1. The Morgan fingerprint density at radius 2 is 1.85 bits per heavy atom. The molecule has 0 saturated heterocycles. The van der Waals surface area contributed by atoms with E-state index >= 15 is 0 Å². The van der Waals surface area contributed by atoms with Crippen molar-refractivity contribution in [2.75, 3.05) is 19.5 Å². The highest BCUT2D eigenvalue weighted by molar-refractivity contribution is 6.09. The summed E-state index contributed by atoms with van der Waals surface area (Å²) in [7, 11) is 2.68. The first kappa shape index (κ1) is 18.5. The summed E-state index contributed by atoms with van der Waals surface area (Å²) in [6.07, 6.45) is 1.38. The van der Waals surface area contributed by atoms with Crippen LogP contribution in [0.5, 0.6) is 11.5 Å². The molecular weight excluding hydrogens is 336 g/mol. The quantitative estimate of drug-likeness (QED) is 0.486. The average Bonchev–Trinajstić information content (AvgIpc) is 2.67. The molecule has 2 aromatic rings. The highest BCUT2D eigenvalue weighted by Crippen LogP contribution is 2.27. The van der Waals surface area contributed by atoms with E-state index in [9.17, 15) is 20.0 Å². The number of phenols is 1. The molecule has 2 rings (SSSR count). The van der Waals surface area contributed by atoms with Crippen LogP contribution in [0, 0.1) is 11.3 Å². The van der Waals surface area contributed by atoms with E-state index in [-0.39, 0.29) is 17.1 Å². The van der Waals surface area contributed by atoms with Crippen LogP contribution in [0.4, 0.5) is 5.69 Å². The van der Waals surface area contributed by atoms with Gasteiger partial charge in [-0.1, -0.05) is 6.07 Å². The lowest BCUT2D eigenvalue weighted by atomic mass is 10.1. The molecule has 0 heterocycles. The van der Waals surface area contributed by atoms with Crippen LogP contribution < -0.4 is 10.1 Å². The smallest absolute Gasteiger partial charge is 0.337 e. The number of hydrogen-bond donors (Lipinski definition) is 2. The minimum atomic E-state index is -0.606. The van der Waals surface area contributed by atoms with Gasteiger partial charge in [0.15, 0.2) is 11.5 Å². The van der Waals surface area contributed by atoms with Gasteiger partial charge >= 0.3 is 5.97 Å². The summed E-state index contributed by atoms with van der Waals surface area (Å²) in [5.74, 6) is -0.903. The molecule has 0 spiro atoms. The molecule has 132 valence electrons. The van der Waals surface area contributed by atoms with Crippen molar-refractivity contribution in [1.82, 2.24) is 0 Å². The molecule has 7 heteroatoms. The molecule has 0 radical (unpaired) electrons. The second kappa shape index (κ2) is 8.35. The Labute approximate surface area is 150 Å². The Morgan fingerprint density at radius 1 is 1.15 bits per heavy atom. The molecule has 1 amide bonds. The van der Waals surface area contributed by atoms with E-state index < -0.39 is 11.9 Å². The molecule has 0 aliphatic carbocycles. The number of benzene rings is 2. The van der Waals surface area contributed by atoms with Crippen LogP contribution in [0.2, 0.25) is 0 Å². The number of nitrogens with one attached hydrogen (secondary N) is 1. The van der Waals surface area contributed by atoms with Gasteiger partial charge in [-0.15, -0.1) is 0 Å². The first-order chi connectivity index (χ1) is 12.5. The van der Waals surface area contributed by atoms with Gasteiger partial charge in [-0.05, 0) is 48.0 Å². The summed E-state index contributed by atoms with van der Waals surface area (Å²) in [4.78, 5) is 23.7. The number of carbonyl (C=O) groups excluding carboxylic acids is 2. The topological polar surface area (TPSA) is 109 Å². The van der Waals surface area contributed by atoms with E-state index in [1.807, 2.05) is 6.07 Å². The monoisotopic (exact) mass is 352 g/mol. The van der Waals surface area contributed by atoms with Crippen LogP contribution in [0.25, 0.3) is 6.08 Å². The number of amides is 1. The van der Waals surface area contributed by atoms with Gasteiger partial charge in [0, 0.05) is 5.69 Å². The molecule has 2 aromatic carbocycles. The average molecular weight is 352 g/mol. The SMILES string of the molecule is COC(=O)c1ccc(NC(=O)/C(C#N)=C/c2ccc(O)c(OC)c2)cc1. The third-order valence-electron chi connectivity index (χ3n) is 3.44. The molecule has 0 fully saturated rings. The standard InChI is InChI=1S/C19H16N2O5/c1-25-17-10-12(3-8-16(17)22)9-14(11-20)18(23)21-15-6-4-13(5-7-15)19(24)26-2/h3-10,22H,1-2H3,(H,21,23)/b14-9+. The van der Waals surface area contributed by atoms with Crippen molar-refractivity contribution in [3.63, 3.8) is 0 Å². The van der Waals surface area contributed by atoms with Crippen LogP contribution in [-0.4, -0.2) is 31.2 Å². The molecule has 0 saturated carbocycles.